The molecular formula is C27H48N2O10. The molecule has 1 aliphatic heterocycles. The Bertz CT molecular complexity index is 727. The number of aromatic hydroxyl groups is 2. The fourth-order valence-corrected chi connectivity index (χ4v) is 3.88. The van der Waals surface area contributed by atoms with Gasteiger partial charge in [-0.15, -0.1) is 0 Å². The first kappa shape index (κ1) is 33.5. The fraction of sp³-hybridized carbons (Fsp3) is 0.778. The van der Waals surface area contributed by atoms with Gasteiger partial charge < -0.3 is 53.4 Å². The average molecular weight is 561 g/mol. The van der Waals surface area contributed by atoms with Crippen LogP contribution in [0.15, 0.2) is 12.1 Å². The van der Waals surface area contributed by atoms with Crippen molar-refractivity contribution >= 4 is 5.69 Å². The Balaban J connectivity index is 1.90. The van der Waals surface area contributed by atoms with Crippen LogP contribution in [0, 0.1) is 0 Å². The molecule has 0 saturated carbocycles. The molecule has 0 atom stereocenters. The van der Waals surface area contributed by atoms with Gasteiger partial charge in [0.05, 0.1) is 98.2 Å². The Morgan fingerprint density at radius 3 is 1.82 bits per heavy atom. The number of ether oxygens (including phenoxy) is 7. The van der Waals surface area contributed by atoms with E-state index in [1.807, 2.05) is 6.92 Å². The van der Waals surface area contributed by atoms with Crippen molar-refractivity contribution in [1.82, 2.24) is 4.90 Å². The number of aliphatic hydroxyl groups excluding tert-OH is 1. The quantitative estimate of drug-likeness (QED) is 0.208. The molecule has 3 N–H and O–H groups in total. The zero-order chi connectivity index (χ0) is 28.0. The number of phenols is 2. The van der Waals surface area contributed by atoms with E-state index in [-0.39, 0.29) is 24.7 Å². The molecule has 0 aromatic heterocycles. The maximum absolute atomic E-state index is 10.8. The summed E-state index contributed by atoms with van der Waals surface area (Å²) >= 11 is 0. The van der Waals surface area contributed by atoms with Gasteiger partial charge in [0.2, 0.25) is 0 Å². The number of rotatable bonds is 15. The number of hydrogen-bond acceptors (Lipinski definition) is 12. The first-order valence-electron chi connectivity index (χ1n) is 13.8. The molecule has 1 saturated heterocycles. The highest BCUT2D eigenvalue weighted by Gasteiger charge is 2.17. The molecule has 12 heteroatoms. The van der Waals surface area contributed by atoms with Crippen molar-refractivity contribution in [1.29, 1.82) is 0 Å². The molecule has 0 aliphatic carbocycles. The summed E-state index contributed by atoms with van der Waals surface area (Å²) in [6, 6.07) is 3.10. The lowest BCUT2D eigenvalue weighted by Crippen LogP contribution is -2.32. The number of benzene rings is 1. The second-order valence-electron chi connectivity index (χ2n) is 8.83. The first-order chi connectivity index (χ1) is 19.2. The number of phenolic OH excluding ortho intramolecular Hbond substituents is 2. The Morgan fingerprint density at radius 1 is 0.718 bits per heavy atom. The van der Waals surface area contributed by atoms with Crippen molar-refractivity contribution in [3.63, 3.8) is 0 Å². The molecule has 0 radical (unpaired) electrons. The normalized spacial score (nSPS) is 17.0. The molecule has 1 heterocycles. The molecule has 1 fully saturated rings. The summed E-state index contributed by atoms with van der Waals surface area (Å²) in [4.78, 5) is 3.89. The average Bonchev–Trinajstić information content (AvgIpc) is 2.94. The second-order valence-corrected chi connectivity index (χ2v) is 8.83. The molecule has 0 amide bonds. The SMILES string of the molecule is CCOCCOCCOCCN(CCO)c1cc(O)c(CN2CCOCCOCCOCCOCC2)cc1O. The van der Waals surface area contributed by atoms with Crippen LogP contribution in [0.25, 0.3) is 0 Å². The summed E-state index contributed by atoms with van der Waals surface area (Å²) in [5.41, 5.74) is 1.02. The van der Waals surface area contributed by atoms with E-state index >= 15 is 0 Å². The van der Waals surface area contributed by atoms with E-state index in [2.05, 4.69) is 4.90 Å². The molecule has 0 bridgehead atoms. The molecule has 1 aromatic rings. The fourth-order valence-electron chi connectivity index (χ4n) is 3.88. The van der Waals surface area contributed by atoms with E-state index in [4.69, 9.17) is 33.2 Å². The summed E-state index contributed by atoms with van der Waals surface area (Å²) in [6.45, 7) is 11.3. The summed E-state index contributed by atoms with van der Waals surface area (Å²) in [5.74, 6) is 0.0875. The molecule has 12 nitrogen and oxygen atoms in total. The molecule has 1 aliphatic rings. The lowest BCUT2D eigenvalue weighted by molar-refractivity contribution is 0.00206. The largest absolute Gasteiger partial charge is 0.508 e. The Hall–Kier alpha value is -1.74. The van der Waals surface area contributed by atoms with E-state index in [1.54, 1.807) is 11.0 Å². The third kappa shape index (κ3) is 15.0. The molecule has 0 spiro atoms. The van der Waals surface area contributed by atoms with E-state index in [0.29, 0.717) is 130 Å². The van der Waals surface area contributed by atoms with Crippen molar-refractivity contribution < 1.29 is 48.5 Å². The van der Waals surface area contributed by atoms with Gasteiger partial charge in [-0.05, 0) is 13.0 Å². The van der Waals surface area contributed by atoms with E-state index < -0.39 is 0 Å². The van der Waals surface area contributed by atoms with Crippen LogP contribution in [0.5, 0.6) is 11.5 Å². The first-order valence-corrected chi connectivity index (χ1v) is 13.8. The summed E-state index contributed by atoms with van der Waals surface area (Å²) in [5, 5.41) is 31.2. The van der Waals surface area contributed by atoms with Gasteiger partial charge in [0.1, 0.15) is 11.5 Å². The molecule has 226 valence electrons. The monoisotopic (exact) mass is 560 g/mol. The van der Waals surface area contributed by atoms with Gasteiger partial charge in [-0.3, -0.25) is 4.90 Å². The maximum Gasteiger partial charge on any atom is 0.139 e. The van der Waals surface area contributed by atoms with Crippen LogP contribution in [0.2, 0.25) is 0 Å². The smallest absolute Gasteiger partial charge is 0.139 e. The summed E-state index contributed by atoms with van der Waals surface area (Å²) < 4.78 is 38.6. The molecule has 1 aromatic carbocycles. The molecule has 2 rings (SSSR count). The number of nitrogens with zero attached hydrogens (tertiary/aromatic N) is 2. The van der Waals surface area contributed by atoms with E-state index in [0.717, 1.165) is 0 Å². The maximum atomic E-state index is 10.8. The van der Waals surface area contributed by atoms with Crippen molar-refractivity contribution in [3.8, 4) is 11.5 Å². The van der Waals surface area contributed by atoms with Crippen LogP contribution in [0.3, 0.4) is 0 Å². The highest BCUT2D eigenvalue weighted by molar-refractivity contribution is 5.63. The molecule has 39 heavy (non-hydrogen) atoms. The van der Waals surface area contributed by atoms with E-state index in [9.17, 15) is 15.3 Å². The van der Waals surface area contributed by atoms with Crippen LogP contribution < -0.4 is 4.90 Å². The topological polar surface area (TPSA) is 132 Å². The Morgan fingerprint density at radius 2 is 1.26 bits per heavy atom. The van der Waals surface area contributed by atoms with Gasteiger partial charge in [-0.25, -0.2) is 0 Å². The van der Waals surface area contributed by atoms with Crippen LogP contribution in [0.1, 0.15) is 12.5 Å². The highest BCUT2D eigenvalue weighted by Crippen LogP contribution is 2.34. The third-order valence-electron chi connectivity index (χ3n) is 5.95. The predicted octanol–water partition coefficient (Wildman–Crippen LogP) is 0.848. The zero-order valence-corrected chi connectivity index (χ0v) is 23.4. The predicted molar refractivity (Wildman–Crippen MR) is 146 cm³/mol. The van der Waals surface area contributed by atoms with Gasteiger partial charge in [-0.1, -0.05) is 0 Å². The standard InChI is InChI=1S/C27H48N2O10/c1-2-33-11-12-37-18-15-36-10-6-29(3-7-30)25-22-26(31)24(21-27(25)32)23-28-4-8-34-13-16-38-19-20-39-17-14-35-9-5-28/h21-22,30-32H,2-20,23H2,1H3. The van der Waals surface area contributed by atoms with Gasteiger partial charge in [-0.2, -0.15) is 0 Å². The lowest BCUT2D eigenvalue weighted by Gasteiger charge is -2.27. The van der Waals surface area contributed by atoms with Crippen LogP contribution in [-0.2, 0) is 39.7 Å². The molecule has 0 unspecified atom stereocenters. The third-order valence-corrected chi connectivity index (χ3v) is 5.95. The lowest BCUT2D eigenvalue weighted by atomic mass is 10.1. The Labute approximate surface area is 232 Å². The van der Waals surface area contributed by atoms with Gasteiger partial charge in [0, 0.05) is 51.0 Å². The van der Waals surface area contributed by atoms with Crippen molar-refractivity contribution in [2.45, 2.75) is 13.5 Å². The van der Waals surface area contributed by atoms with Crippen molar-refractivity contribution in [2.75, 3.05) is 130 Å². The van der Waals surface area contributed by atoms with Crippen LogP contribution in [-0.4, -0.2) is 146 Å². The van der Waals surface area contributed by atoms with Crippen LogP contribution in [0.4, 0.5) is 5.69 Å². The summed E-state index contributed by atoms with van der Waals surface area (Å²) in [7, 11) is 0. The van der Waals surface area contributed by atoms with Gasteiger partial charge in [0.15, 0.2) is 0 Å². The Kier molecular flexibility index (Phi) is 18.9. The number of aliphatic hydroxyl groups is 1. The second kappa shape index (κ2) is 22.0. The highest BCUT2D eigenvalue weighted by atomic mass is 16.6. The van der Waals surface area contributed by atoms with Gasteiger partial charge >= 0.3 is 0 Å². The molecular weight excluding hydrogens is 512 g/mol. The summed E-state index contributed by atoms with van der Waals surface area (Å²) in [6.07, 6.45) is 0. The minimum absolute atomic E-state index is 0.0237. The number of hydrogen-bond donors (Lipinski definition) is 3. The van der Waals surface area contributed by atoms with E-state index in [1.165, 1.54) is 6.07 Å². The zero-order valence-electron chi connectivity index (χ0n) is 23.4. The van der Waals surface area contributed by atoms with Gasteiger partial charge in [0.25, 0.3) is 0 Å². The van der Waals surface area contributed by atoms with Crippen molar-refractivity contribution in [2.24, 2.45) is 0 Å². The minimum Gasteiger partial charge on any atom is -0.508 e. The number of anilines is 1. The van der Waals surface area contributed by atoms with Crippen LogP contribution >= 0.6 is 0 Å². The van der Waals surface area contributed by atoms with Crippen molar-refractivity contribution in [3.05, 3.63) is 17.7 Å². The minimum atomic E-state index is -0.105.